The van der Waals surface area contributed by atoms with E-state index in [1.807, 2.05) is 0 Å². The third-order valence-corrected chi connectivity index (χ3v) is 30.1. The lowest BCUT2D eigenvalue weighted by Gasteiger charge is -2.42. The summed E-state index contributed by atoms with van der Waals surface area (Å²) in [5, 5.41) is 7.32. The smallest absolute Gasteiger partial charge is 0.258 e. The maximum Gasteiger partial charge on any atom is 0.258 e. The SMILES string of the molecule is CC(C)[Si](Oc1ccc2cc(/C=C/c3ccc(/C=C/c4ccc(/C=C/c5ccc6ccc(/C=C/c7ccc(/C=C/c8ccc(/C=C/c9ccc%10cc(O[Si](C(C)C)(C(C)C)C(C)C)ccc%10c9)cc8)cc7)cc6c5)cc4)cc3)ccc2c1)(C(C)C)C(C)C. The van der Waals surface area contributed by atoms with Crippen molar-refractivity contribution in [2.45, 2.75) is 116 Å². The Morgan fingerprint density at radius 1 is 0.193 bits per heavy atom. The second-order valence-corrected chi connectivity index (χ2v) is 36.7. The van der Waals surface area contributed by atoms with E-state index in [1.165, 1.54) is 88.0 Å². The van der Waals surface area contributed by atoms with Crippen molar-refractivity contribution in [2.75, 3.05) is 0 Å². The molecule has 0 aliphatic carbocycles. The van der Waals surface area contributed by atoms with Gasteiger partial charge >= 0.3 is 0 Å². The van der Waals surface area contributed by atoms with Gasteiger partial charge in [0.1, 0.15) is 11.5 Å². The summed E-state index contributed by atoms with van der Waals surface area (Å²) in [6.07, 6.45) is 26.3. The van der Waals surface area contributed by atoms with Crippen molar-refractivity contribution in [3.63, 3.8) is 0 Å². The minimum absolute atomic E-state index is 0.537. The van der Waals surface area contributed by atoms with Gasteiger partial charge in [0.2, 0.25) is 0 Å². The summed E-state index contributed by atoms with van der Waals surface area (Å²) in [6.45, 7) is 28.1. The molecule has 0 fully saturated rings. The Balaban J connectivity index is 0.685. The Labute approximate surface area is 528 Å². The molecular formula is C84H88O2Si2. The zero-order valence-corrected chi connectivity index (χ0v) is 55.8. The first-order chi connectivity index (χ1) is 42.4. The molecule has 0 aliphatic rings. The van der Waals surface area contributed by atoms with Crippen LogP contribution in [0.1, 0.15) is 150 Å². The van der Waals surface area contributed by atoms with Gasteiger partial charge in [0.25, 0.3) is 16.6 Å². The molecule has 2 nitrogen and oxygen atoms in total. The Hall–Kier alpha value is -8.55. The fourth-order valence-electron chi connectivity index (χ4n) is 13.5. The zero-order chi connectivity index (χ0) is 62.0. The maximum atomic E-state index is 6.98. The molecule has 444 valence electrons. The Bertz CT molecular complexity index is 3870. The first kappa shape index (κ1) is 62.5. The van der Waals surface area contributed by atoms with E-state index < -0.39 is 16.6 Å². The van der Waals surface area contributed by atoms with Crippen LogP contribution in [0.15, 0.2) is 206 Å². The normalized spacial score (nSPS) is 12.9. The van der Waals surface area contributed by atoms with Crippen LogP contribution in [0.2, 0.25) is 33.2 Å². The Morgan fingerprint density at radius 2 is 0.364 bits per heavy atom. The van der Waals surface area contributed by atoms with Crippen LogP contribution in [-0.4, -0.2) is 16.6 Å². The van der Waals surface area contributed by atoms with Crippen LogP contribution < -0.4 is 8.85 Å². The van der Waals surface area contributed by atoms with Crippen LogP contribution in [0.4, 0.5) is 0 Å². The van der Waals surface area contributed by atoms with Crippen molar-refractivity contribution in [1.29, 1.82) is 0 Å². The van der Waals surface area contributed by atoms with E-state index >= 15 is 0 Å². The van der Waals surface area contributed by atoms with Crippen molar-refractivity contribution < 1.29 is 8.85 Å². The third-order valence-electron chi connectivity index (χ3n) is 18.1. The molecule has 88 heavy (non-hydrogen) atoms. The average Bonchev–Trinajstić information content (AvgIpc) is 1.17. The standard InChI is InChI=1S/C84H88O2Si2/c1-59(2)87(60(3)4,61(5)6)85-83-51-49-78-53-73(43-47-80(78)57-83)37-33-69-25-17-65(18-26-69)13-15-67-21-29-71(30-22-67)35-39-75-41-45-77-46-42-76(56-82(77)55-75)40-36-72-31-23-68(24-32-72)16-14-66-19-27-70(28-20-66)34-38-74-44-48-81-58-84(52-50-79(81)54-74)86-88(62(7)8,63(9)10)64(11)12/h13-64H,1-12H3/b15-13+,16-14+,37-33+,38-34+,39-35+,40-36+. The van der Waals surface area contributed by atoms with Crippen LogP contribution >= 0.6 is 0 Å². The molecule has 0 saturated heterocycles. The van der Waals surface area contributed by atoms with E-state index in [-0.39, 0.29) is 0 Å². The van der Waals surface area contributed by atoms with Gasteiger partial charge in [-0.1, -0.05) is 314 Å². The van der Waals surface area contributed by atoms with E-state index in [0.29, 0.717) is 33.2 Å². The Morgan fingerprint density at radius 3 is 0.591 bits per heavy atom. The first-order valence-corrected chi connectivity index (χ1v) is 36.2. The van der Waals surface area contributed by atoms with Crippen molar-refractivity contribution in [2.24, 2.45) is 0 Å². The molecule has 10 aromatic carbocycles. The van der Waals surface area contributed by atoms with Gasteiger partial charge in [0.15, 0.2) is 0 Å². The molecule has 0 amide bonds. The molecular weight excluding hydrogens is 1100 g/mol. The molecule has 0 aromatic heterocycles. The quantitative estimate of drug-likeness (QED) is 0.0497. The van der Waals surface area contributed by atoms with E-state index in [2.05, 4.69) is 362 Å². The lowest BCUT2D eigenvalue weighted by atomic mass is 10.0. The lowest BCUT2D eigenvalue weighted by molar-refractivity contribution is 0.480. The molecule has 0 aliphatic heterocycles. The van der Waals surface area contributed by atoms with E-state index in [4.69, 9.17) is 8.85 Å². The predicted octanol–water partition coefficient (Wildman–Crippen LogP) is 25.3. The van der Waals surface area contributed by atoms with Gasteiger partial charge in [0, 0.05) is 0 Å². The fourth-order valence-corrected chi connectivity index (χ4v) is 23.9. The molecule has 0 unspecified atom stereocenters. The largest absolute Gasteiger partial charge is 0.543 e. The number of hydrogen-bond donors (Lipinski definition) is 0. The molecule has 4 heteroatoms. The highest BCUT2D eigenvalue weighted by Crippen LogP contribution is 2.45. The predicted molar refractivity (Wildman–Crippen MR) is 395 cm³/mol. The molecule has 0 N–H and O–H groups in total. The number of fused-ring (bicyclic) bond motifs is 3. The van der Waals surface area contributed by atoms with Gasteiger partial charge in [-0.2, -0.15) is 0 Å². The first-order valence-electron chi connectivity index (χ1n) is 31.9. The number of benzene rings is 10. The van der Waals surface area contributed by atoms with E-state index in [0.717, 1.165) is 22.6 Å². The molecule has 0 atom stereocenters. The van der Waals surface area contributed by atoms with Crippen LogP contribution in [0.3, 0.4) is 0 Å². The summed E-state index contributed by atoms with van der Waals surface area (Å²) in [6, 6.07) is 74.8. The minimum atomic E-state index is -2.01. The lowest BCUT2D eigenvalue weighted by Crippen LogP contribution is -2.50. The molecule has 0 spiro atoms. The van der Waals surface area contributed by atoms with Gasteiger partial charge in [-0.3, -0.25) is 0 Å². The summed E-state index contributed by atoms with van der Waals surface area (Å²) in [4.78, 5) is 0. The third kappa shape index (κ3) is 15.0. The second-order valence-electron chi connectivity index (χ2n) is 25.9. The van der Waals surface area contributed by atoms with Crippen LogP contribution in [-0.2, 0) is 0 Å². The highest BCUT2D eigenvalue weighted by atomic mass is 28.4. The molecule has 0 radical (unpaired) electrons. The highest BCUT2D eigenvalue weighted by molar-refractivity contribution is 6.78. The van der Waals surface area contributed by atoms with Crippen molar-refractivity contribution in [3.05, 3.63) is 273 Å². The van der Waals surface area contributed by atoms with Crippen LogP contribution in [0, 0.1) is 0 Å². The Kier molecular flexibility index (Phi) is 19.9. The molecule has 0 bridgehead atoms. The minimum Gasteiger partial charge on any atom is -0.543 e. The molecule has 10 rings (SSSR count). The van der Waals surface area contributed by atoms with Crippen molar-refractivity contribution in [1.82, 2.24) is 0 Å². The van der Waals surface area contributed by atoms with Gasteiger partial charge in [-0.25, -0.2) is 0 Å². The summed E-state index contributed by atoms with van der Waals surface area (Å²) < 4.78 is 14.0. The topological polar surface area (TPSA) is 18.5 Å². The molecule has 0 heterocycles. The number of rotatable bonds is 22. The van der Waals surface area contributed by atoms with E-state index in [1.54, 1.807) is 0 Å². The van der Waals surface area contributed by atoms with Crippen LogP contribution in [0.5, 0.6) is 11.5 Å². The zero-order valence-electron chi connectivity index (χ0n) is 53.8. The summed E-state index contributed by atoms with van der Waals surface area (Å²) in [7, 11) is -4.02. The molecule has 0 saturated carbocycles. The van der Waals surface area contributed by atoms with Crippen molar-refractivity contribution >= 4 is 122 Å². The van der Waals surface area contributed by atoms with Gasteiger partial charge in [0.05, 0.1) is 0 Å². The van der Waals surface area contributed by atoms with Gasteiger partial charge in [-0.05, 0) is 181 Å². The average molecular weight is 1190 g/mol. The highest BCUT2D eigenvalue weighted by Gasteiger charge is 2.48. The summed E-state index contributed by atoms with van der Waals surface area (Å²) in [5.74, 6) is 2.01. The van der Waals surface area contributed by atoms with E-state index in [9.17, 15) is 0 Å². The molecule has 10 aromatic rings. The van der Waals surface area contributed by atoms with Crippen molar-refractivity contribution in [3.8, 4) is 11.5 Å². The van der Waals surface area contributed by atoms with Crippen LogP contribution in [0.25, 0.3) is 105 Å². The fraction of sp³-hybridized carbons (Fsp3) is 0.214. The van der Waals surface area contributed by atoms with Gasteiger partial charge < -0.3 is 8.85 Å². The second kappa shape index (κ2) is 28.1. The van der Waals surface area contributed by atoms with Gasteiger partial charge in [-0.15, -0.1) is 0 Å². The monoisotopic (exact) mass is 1180 g/mol. The summed E-state index contributed by atoms with van der Waals surface area (Å²) in [5.41, 5.74) is 17.3. The maximum absolute atomic E-state index is 6.98. The number of hydrogen-bond acceptors (Lipinski definition) is 2. The summed E-state index contributed by atoms with van der Waals surface area (Å²) >= 11 is 0.